The summed E-state index contributed by atoms with van der Waals surface area (Å²) < 4.78 is 33.2. The zero-order valence-electron chi connectivity index (χ0n) is 46.9. The minimum atomic E-state index is -1.12. The highest BCUT2D eigenvalue weighted by molar-refractivity contribution is 6.08. The molecule has 12 rings (SSSR count). The van der Waals surface area contributed by atoms with Gasteiger partial charge in [0.25, 0.3) is 5.91 Å². The van der Waals surface area contributed by atoms with E-state index in [1.807, 2.05) is 98.0 Å². The van der Waals surface area contributed by atoms with Crippen molar-refractivity contribution in [3.8, 4) is 57.9 Å². The summed E-state index contributed by atoms with van der Waals surface area (Å²) in [6.07, 6.45) is 9.94. The SMILES string of the molecule is CN(C(=O)/C(C#N)=C/C1CC1)c1cccc(-n2c(=O)n(-c3ccc(Oc4ccccc4)cc3)c3c(N)ncnc32)c1.CNc1cccc(-n2c(=O)n(-c3ccc(Oc4ccccc4)cc3)c3c(N)ncnc32)c1.N#C/C(=C\C1CC1)C(=O)O.[2H]CF. The van der Waals surface area contributed by atoms with Crippen LogP contribution in [0.5, 0.6) is 23.0 Å². The topological polar surface area (TPSA) is 293 Å². The number of benzene rings is 6. The number of amides is 1. The van der Waals surface area contributed by atoms with Gasteiger partial charge in [-0.3, -0.25) is 18.3 Å². The zero-order chi connectivity index (χ0) is 60.9. The second-order valence-electron chi connectivity index (χ2n) is 19.1. The van der Waals surface area contributed by atoms with Crippen molar-refractivity contribution in [2.45, 2.75) is 25.7 Å². The molecule has 0 aliphatic heterocycles. The number of carboxylic acids is 1. The Balaban J connectivity index is 0.000000173. The Morgan fingerprint density at radius 2 is 1.05 bits per heavy atom. The van der Waals surface area contributed by atoms with Gasteiger partial charge in [0.05, 0.1) is 31.3 Å². The molecule has 0 atom stereocenters. The zero-order valence-corrected chi connectivity index (χ0v) is 45.9. The molecular formula is C63H55FN14O7. The van der Waals surface area contributed by atoms with Gasteiger partial charge in [0.15, 0.2) is 22.9 Å². The van der Waals surface area contributed by atoms with Crippen LogP contribution in [-0.4, -0.2) is 76.4 Å². The summed E-state index contributed by atoms with van der Waals surface area (Å²) >= 11 is 0. The number of carbonyl (C=O) groups is 2. The quantitative estimate of drug-likeness (QED) is 0.0581. The van der Waals surface area contributed by atoms with Gasteiger partial charge in [-0.2, -0.15) is 10.5 Å². The van der Waals surface area contributed by atoms with E-state index in [4.69, 9.17) is 32.7 Å². The molecule has 21 nitrogen and oxygen atoms in total. The first-order chi connectivity index (χ1) is 41.7. The number of imidazole rings is 2. The van der Waals surface area contributed by atoms with Crippen molar-refractivity contribution in [1.82, 2.24) is 38.2 Å². The minimum absolute atomic E-state index is 0.106. The molecule has 0 saturated heterocycles. The van der Waals surface area contributed by atoms with E-state index in [9.17, 15) is 28.8 Å². The number of nitrogens with two attached hydrogens (primary N) is 2. The Morgan fingerprint density at radius 1 is 0.624 bits per heavy atom. The van der Waals surface area contributed by atoms with Crippen molar-refractivity contribution in [2.75, 3.05) is 42.9 Å². The van der Waals surface area contributed by atoms with Crippen molar-refractivity contribution in [3.05, 3.63) is 215 Å². The lowest BCUT2D eigenvalue weighted by atomic mass is 10.2. The van der Waals surface area contributed by atoms with E-state index in [0.717, 1.165) is 37.1 Å². The van der Waals surface area contributed by atoms with E-state index in [2.05, 4.69) is 25.3 Å². The second-order valence-corrected chi connectivity index (χ2v) is 19.1. The molecule has 0 unspecified atom stereocenters. The highest BCUT2D eigenvalue weighted by atomic mass is 19.1. The Kier molecular flexibility index (Phi) is 17.5. The molecule has 2 aliphatic carbocycles. The van der Waals surface area contributed by atoms with E-state index in [1.54, 1.807) is 92.0 Å². The molecule has 85 heavy (non-hydrogen) atoms. The molecule has 6 aromatic carbocycles. The number of aliphatic carboxylic acids is 1. The molecule has 2 aliphatic rings. The fourth-order valence-corrected chi connectivity index (χ4v) is 8.86. The number of nitrogens with one attached hydrogen (secondary N) is 1. The molecule has 4 heterocycles. The van der Waals surface area contributed by atoms with Crippen molar-refractivity contribution in [2.24, 2.45) is 11.8 Å². The number of likely N-dealkylation sites (N-methyl/N-ethyl adjacent to an activating group) is 1. The number of para-hydroxylation sites is 2. The van der Waals surface area contributed by atoms with Crippen molar-refractivity contribution < 1.29 is 29.9 Å². The number of nitrogens with zero attached hydrogens (tertiary/aromatic N) is 11. The Morgan fingerprint density at radius 3 is 1.47 bits per heavy atom. The van der Waals surface area contributed by atoms with Crippen LogP contribution in [0.3, 0.4) is 0 Å². The number of aromatic nitrogens is 8. The summed E-state index contributed by atoms with van der Waals surface area (Å²) in [7, 11) is 2.43. The van der Waals surface area contributed by atoms with Gasteiger partial charge in [0, 0.05) is 25.5 Å². The van der Waals surface area contributed by atoms with E-state index in [-0.39, 0.29) is 34.4 Å². The number of nitriles is 2. The summed E-state index contributed by atoms with van der Waals surface area (Å²) in [6, 6.07) is 51.2. The van der Waals surface area contributed by atoms with Crippen molar-refractivity contribution in [3.63, 3.8) is 0 Å². The molecule has 2 saturated carbocycles. The van der Waals surface area contributed by atoms with Gasteiger partial charge >= 0.3 is 17.3 Å². The first-order valence-corrected chi connectivity index (χ1v) is 26.4. The van der Waals surface area contributed by atoms with Gasteiger partial charge in [-0.15, -0.1) is 0 Å². The average Bonchev–Trinajstić information content (AvgIpc) is 2.25. The Hall–Kier alpha value is -11.7. The maximum atomic E-state index is 14.0. The van der Waals surface area contributed by atoms with E-state index < -0.39 is 24.7 Å². The molecular weight excluding hydrogens is 1080 g/mol. The number of nitrogen functional groups attached to an aromatic ring is 2. The van der Waals surface area contributed by atoms with Gasteiger partial charge in [-0.05, 0) is 147 Å². The number of halogens is 1. The summed E-state index contributed by atoms with van der Waals surface area (Å²) in [5, 5.41) is 29.3. The molecule has 0 bridgehead atoms. The molecule has 1 amide bonds. The number of allylic oxidation sites excluding steroid dienone is 2. The minimum Gasteiger partial charge on any atom is -0.477 e. The van der Waals surface area contributed by atoms with Gasteiger partial charge < -0.3 is 36.3 Å². The molecule has 22 heteroatoms. The largest absolute Gasteiger partial charge is 0.477 e. The molecule has 0 spiro atoms. The van der Waals surface area contributed by atoms with Gasteiger partial charge in [-0.1, -0.05) is 60.7 Å². The van der Waals surface area contributed by atoms with Crippen molar-refractivity contribution in [1.29, 1.82) is 10.5 Å². The van der Waals surface area contributed by atoms with E-state index in [0.29, 0.717) is 73.9 Å². The smallest absolute Gasteiger partial charge is 0.346 e. The standard InChI is InChI=1S/C31H25N7O3.C24H20N6O2.C7H7NO2.CH3F/c1-36(30(39)21(18-32)16-20-10-11-20)23-6-5-7-24(17-23)38-29-27(28(33)34-19-35-29)37(31(38)40)22-12-14-26(15-13-22)41-25-8-3-2-4-9-25;1-26-16-6-5-7-18(14-16)30-23-21(22(25)27-15-28-23)29(24(30)31)17-10-12-20(13-11-17)32-19-8-3-2-4-9-19;8-4-6(7(9)10)3-5-1-2-5;1-2/h2-9,12-17,19-20H,10-11H2,1H3,(H2,33,34,35);2-15,26H,1H3,(H2,25,27,28);3,5H,1-2H2,(H,9,10);1H3/b21-16+;;6-3+;/i;;;1D. The van der Waals surface area contributed by atoms with Crippen LogP contribution in [0.4, 0.5) is 27.4 Å². The summed E-state index contributed by atoms with van der Waals surface area (Å²) in [4.78, 5) is 69.2. The van der Waals surface area contributed by atoms with Crippen LogP contribution in [0, 0.1) is 34.5 Å². The monoisotopic (exact) mass is 1140 g/mol. The van der Waals surface area contributed by atoms with Crippen LogP contribution in [0.1, 0.15) is 27.1 Å². The van der Waals surface area contributed by atoms with Crippen LogP contribution in [0.25, 0.3) is 45.1 Å². The Labute approximate surface area is 487 Å². The number of carboxylic acid groups (broad SMARTS) is 1. The van der Waals surface area contributed by atoms with Crippen LogP contribution >= 0.6 is 0 Å². The lowest BCUT2D eigenvalue weighted by molar-refractivity contribution is -0.132. The fraction of sp³-hybridized carbons (Fsp3) is 0.143. The third-order valence-electron chi connectivity index (χ3n) is 13.4. The number of ether oxygens (including phenoxy) is 2. The highest BCUT2D eigenvalue weighted by Crippen LogP contribution is 2.34. The summed E-state index contributed by atoms with van der Waals surface area (Å²) in [6.45, 7) is 0. The number of anilines is 4. The number of rotatable bonds is 14. The third kappa shape index (κ3) is 13.3. The predicted molar refractivity (Wildman–Crippen MR) is 321 cm³/mol. The summed E-state index contributed by atoms with van der Waals surface area (Å²) in [5.74, 6) is 2.16. The molecule has 0 radical (unpaired) electrons. The lowest BCUT2D eigenvalue weighted by Gasteiger charge is -2.18. The molecule has 10 aromatic rings. The average molecular weight is 1140 g/mol. The number of hydrogen-bond donors (Lipinski definition) is 4. The fourth-order valence-electron chi connectivity index (χ4n) is 8.86. The third-order valence-corrected chi connectivity index (χ3v) is 13.4. The first-order valence-electron chi connectivity index (χ1n) is 27.1. The van der Waals surface area contributed by atoms with Crippen LogP contribution < -0.4 is 42.5 Å². The number of carbonyl (C=O) groups excluding carboxylic acids is 1. The maximum Gasteiger partial charge on any atom is 0.346 e. The van der Waals surface area contributed by atoms with Crippen LogP contribution in [0.2, 0.25) is 0 Å². The second kappa shape index (κ2) is 26.3. The maximum absolute atomic E-state index is 14.0. The lowest BCUT2D eigenvalue weighted by Crippen LogP contribution is -2.28. The predicted octanol–water partition coefficient (Wildman–Crippen LogP) is 10.3. The molecule has 6 N–H and O–H groups in total. The van der Waals surface area contributed by atoms with Crippen molar-refractivity contribution >= 4 is 57.2 Å². The first kappa shape index (κ1) is 56.6. The van der Waals surface area contributed by atoms with E-state index in [1.165, 1.54) is 41.9 Å². The van der Waals surface area contributed by atoms with Gasteiger partial charge in [0.2, 0.25) is 0 Å². The van der Waals surface area contributed by atoms with Crippen LogP contribution in [0.15, 0.2) is 203 Å². The molecule has 426 valence electrons. The molecule has 4 aromatic heterocycles. The molecule has 2 fully saturated rings. The number of fused-ring (bicyclic) bond motifs is 2. The number of alkyl halides is 1. The van der Waals surface area contributed by atoms with Crippen LogP contribution in [-0.2, 0) is 9.59 Å². The van der Waals surface area contributed by atoms with Gasteiger partial charge in [-0.25, -0.2) is 43.5 Å². The normalized spacial score (nSPS) is 12.8. The van der Waals surface area contributed by atoms with E-state index >= 15 is 0 Å². The number of hydrogen-bond acceptors (Lipinski definition) is 15. The Bertz CT molecular complexity index is 4360. The highest BCUT2D eigenvalue weighted by Gasteiger charge is 2.26. The van der Waals surface area contributed by atoms with Gasteiger partial charge in [0.1, 0.15) is 70.0 Å². The summed E-state index contributed by atoms with van der Waals surface area (Å²) in [5.41, 5.74) is 17.0.